The number of hydrogen-bond acceptors (Lipinski definition) is 3. The van der Waals surface area contributed by atoms with Crippen molar-refractivity contribution in [3.05, 3.63) is 35.4 Å². The van der Waals surface area contributed by atoms with Crippen molar-refractivity contribution >= 4 is 5.91 Å². The van der Waals surface area contributed by atoms with Crippen molar-refractivity contribution in [2.75, 3.05) is 19.6 Å². The Labute approximate surface area is 114 Å². The highest BCUT2D eigenvalue weighted by atomic mass is 16.1. The van der Waals surface area contributed by atoms with E-state index in [1.165, 1.54) is 24.9 Å². The van der Waals surface area contributed by atoms with E-state index in [1.807, 2.05) is 12.1 Å². The number of hydrogen-bond donors (Lipinski definition) is 2. The molecular weight excluding hydrogens is 238 g/mol. The fourth-order valence-corrected chi connectivity index (χ4v) is 3.35. The molecule has 1 amide bonds. The van der Waals surface area contributed by atoms with Crippen molar-refractivity contribution in [1.29, 1.82) is 0 Å². The number of primary amides is 1. The summed E-state index contributed by atoms with van der Waals surface area (Å²) >= 11 is 0. The van der Waals surface area contributed by atoms with E-state index in [0.717, 1.165) is 25.6 Å². The predicted molar refractivity (Wildman–Crippen MR) is 74.8 cm³/mol. The van der Waals surface area contributed by atoms with Crippen LogP contribution < -0.4 is 11.1 Å². The molecule has 3 rings (SSSR count). The second-order valence-corrected chi connectivity index (χ2v) is 5.72. The minimum atomic E-state index is -0.349. The Balaban J connectivity index is 1.65. The van der Waals surface area contributed by atoms with Gasteiger partial charge >= 0.3 is 0 Å². The van der Waals surface area contributed by atoms with Crippen LogP contribution in [0.3, 0.4) is 0 Å². The Hall–Kier alpha value is -1.39. The number of nitrogens with two attached hydrogens (primary N) is 1. The van der Waals surface area contributed by atoms with E-state index in [0.29, 0.717) is 11.6 Å². The van der Waals surface area contributed by atoms with Gasteiger partial charge in [-0.25, -0.2) is 0 Å². The normalized spacial score (nSPS) is 27.2. The van der Waals surface area contributed by atoms with E-state index in [2.05, 4.69) is 16.3 Å². The Morgan fingerprint density at radius 2 is 2.32 bits per heavy atom. The van der Waals surface area contributed by atoms with Crippen molar-refractivity contribution in [2.45, 2.75) is 25.4 Å². The molecule has 1 aromatic rings. The number of nitrogens with one attached hydrogen (secondary N) is 1. The van der Waals surface area contributed by atoms with Crippen LogP contribution in [-0.2, 0) is 6.54 Å². The summed E-state index contributed by atoms with van der Waals surface area (Å²) in [5.74, 6) is 0.451. The highest BCUT2D eigenvalue weighted by Gasteiger charge is 2.33. The fourth-order valence-electron chi connectivity index (χ4n) is 3.35. The summed E-state index contributed by atoms with van der Waals surface area (Å²) < 4.78 is 0. The summed E-state index contributed by atoms with van der Waals surface area (Å²) in [6, 6.07) is 8.33. The molecule has 0 aromatic heterocycles. The molecular formula is C15H21N3O. The average Bonchev–Trinajstić information content (AvgIpc) is 2.81. The van der Waals surface area contributed by atoms with Crippen molar-refractivity contribution in [3.8, 4) is 0 Å². The third-order valence-corrected chi connectivity index (χ3v) is 4.29. The number of rotatable bonds is 3. The van der Waals surface area contributed by atoms with Crippen molar-refractivity contribution in [3.63, 3.8) is 0 Å². The Morgan fingerprint density at radius 1 is 1.42 bits per heavy atom. The highest BCUT2D eigenvalue weighted by molar-refractivity contribution is 5.92. The first-order chi connectivity index (χ1) is 9.22. The van der Waals surface area contributed by atoms with E-state index >= 15 is 0 Å². The number of amides is 1. The van der Waals surface area contributed by atoms with Crippen LogP contribution in [0.25, 0.3) is 0 Å². The molecule has 2 aliphatic heterocycles. The van der Waals surface area contributed by atoms with E-state index in [9.17, 15) is 4.79 Å². The van der Waals surface area contributed by atoms with Crippen molar-refractivity contribution in [1.82, 2.24) is 10.2 Å². The third kappa shape index (κ3) is 2.80. The van der Waals surface area contributed by atoms with Crippen LogP contribution in [0.1, 0.15) is 28.8 Å². The van der Waals surface area contributed by atoms with Gasteiger partial charge in [-0.1, -0.05) is 12.1 Å². The molecule has 0 bridgehead atoms. The van der Waals surface area contributed by atoms with Crippen LogP contribution in [0, 0.1) is 5.92 Å². The molecule has 4 nitrogen and oxygen atoms in total. The monoisotopic (exact) mass is 259 g/mol. The summed E-state index contributed by atoms with van der Waals surface area (Å²) in [5.41, 5.74) is 7.10. The standard InChI is InChI=1S/C15H21N3O/c16-15(19)12-4-1-3-11(7-12)8-18-9-13-5-2-6-17-14(13)10-18/h1,3-4,7,13-14,17H,2,5-6,8-10H2,(H2,16,19). The molecule has 2 fully saturated rings. The zero-order valence-electron chi connectivity index (χ0n) is 11.1. The van der Waals surface area contributed by atoms with E-state index in [1.54, 1.807) is 6.07 Å². The molecule has 19 heavy (non-hydrogen) atoms. The first-order valence-electron chi connectivity index (χ1n) is 7.07. The number of nitrogens with zero attached hydrogens (tertiary/aromatic N) is 1. The van der Waals surface area contributed by atoms with Crippen LogP contribution in [0.4, 0.5) is 0 Å². The fraction of sp³-hybridized carbons (Fsp3) is 0.533. The zero-order valence-corrected chi connectivity index (χ0v) is 11.1. The molecule has 1 aromatic carbocycles. The molecule has 0 saturated carbocycles. The summed E-state index contributed by atoms with van der Waals surface area (Å²) in [7, 11) is 0. The number of benzene rings is 1. The molecule has 2 heterocycles. The average molecular weight is 259 g/mol. The number of likely N-dealkylation sites (tertiary alicyclic amines) is 1. The van der Waals surface area contributed by atoms with E-state index in [4.69, 9.17) is 5.73 Å². The molecule has 2 unspecified atom stereocenters. The maximum absolute atomic E-state index is 11.2. The van der Waals surface area contributed by atoms with Gasteiger partial charge in [0, 0.05) is 31.2 Å². The lowest BCUT2D eigenvalue weighted by atomic mass is 9.94. The maximum Gasteiger partial charge on any atom is 0.248 e. The van der Waals surface area contributed by atoms with Gasteiger partial charge in [0.05, 0.1) is 0 Å². The van der Waals surface area contributed by atoms with Gasteiger partial charge in [0.2, 0.25) is 5.91 Å². The minimum Gasteiger partial charge on any atom is -0.366 e. The zero-order chi connectivity index (χ0) is 13.2. The van der Waals surface area contributed by atoms with Crippen LogP contribution in [0.15, 0.2) is 24.3 Å². The topological polar surface area (TPSA) is 58.4 Å². The summed E-state index contributed by atoms with van der Waals surface area (Å²) in [5, 5.41) is 3.61. The lowest BCUT2D eigenvalue weighted by Crippen LogP contribution is -2.40. The Bertz CT molecular complexity index is 460. The second-order valence-electron chi connectivity index (χ2n) is 5.72. The summed E-state index contributed by atoms with van der Waals surface area (Å²) in [4.78, 5) is 13.7. The molecule has 0 spiro atoms. The van der Waals surface area contributed by atoms with Gasteiger partial charge in [-0.15, -0.1) is 0 Å². The minimum absolute atomic E-state index is 0.349. The van der Waals surface area contributed by atoms with Crippen molar-refractivity contribution in [2.24, 2.45) is 11.7 Å². The smallest absolute Gasteiger partial charge is 0.248 e. The molecule has 0 radical (unpaired) electrons. The van der Waals surface area contributed by atoms with Gasteiger partial charge in [0.15, 0.2) is 0 Å². The molecule has 4 heteroatoms. The van der Waals surface area contributed by atoms with Crippen molar-refractivity contribution < 1.29 is 4.79 Å². The maximum atomic E-state index is 11.2. The largest absolute Gasteiger partial charge is 0.366 e. The number of carbonyl (C=O) groups is 1. The first-order valence-corrected chi connectivity index (χ1v) is 7.07. The van der Waals surface area contributed by atoms with Crippen LogP contribution in [0.2, 0.25) is 0 Å². The number of carbonyl (C=O) groups excluding carboxylic acids is 1. The molecule has 3 N–H and O–H groups in total. The number of piperidine rings is 1. The van der Waals surface area contributed by atoms with Gasteiger partial charge in [-0.05, 0) is 43.0 Å². The van der Waals surface area contributed by atoms with Gasteiger partial charge in [-0.3, -0.25) is 9.69 Å². The molecule has 2 saturated heterocycles. The SMILES string of the molecule is NC(=O)c1cccc(CN2CC3CCCNC3C2)c1. The predicted octanol–water partition coefficient (Wildman–Crippen LogP) is 0.969. The lowest BCUT2D eigenvalue weighted by Gasteiger charge is -2.24. The first kappa shape index (κ1) is 12.6. The Morgan fingerprint density at radius 3 is 3.11 bits per heavy atom. The van der Waals surface area contributed by atoms with E-state index in [-0.39, 0.29) is 5.91 Å². The quantitative estimate of drug-likeness (QED) is 0.850. The Kier molecular flexibility index (Phi) is 3.53. The van der Waals surface area contributed by atoms with Crippen LogP contribution >= 0.6 is 0 Å². The molecule has 2 atom stereocenters. The van der Waals surface area contributed by atoms with Gasteiger partial charge < -0.3 is 11.1 Å². The molecule has 2 aliphatic rings. The summed E-state index contributed by atoms with van der Waals surface area (Å²) in [6.45, 7) is 4.35. The molecule has 102 valence electrons. The van der Waals surface area contributed by atoms with Gasteiger partial charge in [0.25, 0.3) is 0 Å². The van der Waals surface area contributed by atoms with Gasteiger partial charge in [-0.2, -0.15) is 0 Å². The summed E-state index contributed by atoms with van der Waals surface area (Å²) in [6.07, 6.45) is 2.64. The highest BCUT2D eigenvalue weighted by Crippen LogP contribution is 2.26. The number of fused-ring (bicyclic) bond motifs is 1. The lowest BCUT2D eigenvalue weighted by molar-refractivity contribution is 0.1000. The second kappa shape index (κ2) is 5.31. The van der Waals surface area contributed by atoms with Gasteiger partial charge in [0.1, 0.15) is 0 Å². The molecule has 0 aliphatic carbocycles. The van der Waals surface area contributed by atoms with E-state index < -0.39 is 0 Å². The van der Waals surface area contributed by atoms with Crippen LogP contribution in [0.5, 0.6) is 0 Å². The third-order valence-electron chi connectivity index (χ3n) is 4.29. The van der Waals surface area contributed by atoms with Crippen LogP contribution in [-0.4, -0.2) is 36.5 Å².